The van der Waals surface area contributed by atoms with Gasteiger partial charge < -0.3 is 10.1 Å². The number of nitrogens with one attached hydrogen (secondary N) is 1. The third-order valence-electron chi connectivity index (χ3n) is 5.38. The molecule has 0 unspecified atom stereocenters. The van der Waals surface area contributed by atoms with Crippen molar-refractivity contribution < 1.29 is 4.74 Å². The van der Waals surface area contributed by atoms with Gasteiger partial charge in [0.15, 0.2) is 0 Å². The van der Waals surface area contributed by atoms with Crippen molar-refractivity contribution in [1.29, 1.82) is 0 Å². The molecule has 0 aromatic heterocycles. The van der Waals surface area contributed by atoms with E-state index in [1.54, 1.807) is 0 Å². The first-order valence-electron chi connectivity index (χ1n) is 10.3. The van der Waals surface area contributed by atoms with Gasteiger partial charge in [-0.15, -0.1) is 24.8 Å². The maximum Gasteiger partial charge on any atom is 0.125 e. The van der Waals surface area contributed by atoms with Crippen molar-refractivity contribution >= 4 is 24.8 Å². The van der Waals surface area contributed by atoms with E-state index < -0.39 is 0 Å². The lowest BCUT2D eigenvalue weighted by Crippen LogP contribution is -2.45. The molecule has 0 amide bonds. The minimum absolute atomic E-state index is 0. The number of aryl methyl sites for hydroxylation is 2. The van der Waals surface area contributed by atoms with Crippen molar-refractivity contribution in [2.75, 3.05) is 26.2 Å². The van der Waals surface area contributed by atoms with Crippen molar-refractivity contribution in [2.45, 2.75) is 46.8 Å². The summed E-state index contributed by atoms with van der Waals surface area (Å²) in [6, 6.07) is 15.6. The van der Waals surface area contributed by atoms with Crippen LogP contribution in [0.25, 0.3) is 0 Å². The lowest BCUT2D eigenvalue weighted by Gasteiger charge is -2.36. The fourth-order valence-corrected chi connectivity index (χ4v) is 4.07. The van der Waals surface area contributed by atoms with E-state index in [9.17, 15) is 0 Å². The SMILES string of the molecule is Cc1cc([C@@H](CC(C)C)N2CCNCC2)cc(C)c1OCc1ccccc1.Cl.Cl. The number of hydrogen-bond acceptors (Lipinski definition) is 3. The number of ether oxygens (including phenoxy) is 1. The molecule has 1 aliphatic rings. The van der Waals surface area contributed by atoms with E-state index in [0.29, 0.717) is 18.6 Å². The van der Waals surface area contributed by atoms with E-state index in [0.717, 1.165) is 31.9 Å². The largest absolute Gasteiger partial charge is 0.488 e. The van der Waals surface area contributed by atoms with Crippen LogP contribution in [0.15, 0.2) is 42.5 Å². The van der Waals surface area contributed by atoms with Crippen molar-refractivity contribution in [1.82, 2.24) is 10.2 Å². The van der Waals surface area contributed by atoms with Crippen LogP contribution in [-0.4, -0.2) is 31.1 Å². The Labute approximate surface area is 189 Å². The molecule has 29 heavy (non-hydrogen) atoms. The highest BCUT2D eigenvalue weighted by atomic mass is 35.5. The molecule has 1 N–H and O–H groups in total. The highest BCUT2D eigenvalue weighted by Crippen LogP contribution is 2.33. The fraction of sp³-hybridized carbons (Fsp3) is 0.500. The summed E-state index contributed by atoms with van der Waals surface area (Å²) >= 11 is 0. The minimum Gasteiger partial charge on any atom is -0.488 e. The van der Waals surface area contributed by atoms with Crippen LogP contribution >= 0.6 is 24.8 Å². The van der Waals surface area contributed by atoms with Crippen LogP contribution in [0, 0.1) is 19.8 Å². The lowest BCUT2D eigenvalue weighted by atomic mass is 9.92. The topological polar surface area (TPSA) is 24.5 Å². The van der Waals surface area contributed by atoms with Gasteiger partial charge in [-0.3, -0.25) is 4.90 Å². The number of hydrogen-bond donors (Lipinski definition) is 1. The summed E-state index contributed by atoms with van der Waals surface area (Å²) in [6.45, 7) is 14.1. The van der Waals surface area contributed by atoms with Crippen molar-refractivity contribution in [2.24, 2.45) is 5.92 Å². The lowest BCUT2D eigenvalue weighted by molar-refractivity contribution is 0.154. The van der Waals surface area contributed by atoms with E-state index >= 15 is 0 Å². The van der Waals surface area contributed by atoms with Gasteiger partial charge in [-0.1, -0.05) is 56.3 Å². The summed E-state index contributed by atoms with van der Waals surface area (Å²) in [4.78, 5) is 2.65. The van der Waals surface area contributed by atoms with Gasteiger partial charge in [0.2, 0.25) is 0 Å². The maximum atomic E-state index is 6.19. The van der Waals surface area contributed by atoms with E-state index in [1.807, 2.05) is 6.07 Å². The zero-order valence-electron chi connectivity index (χ0n) is 18.1. The Hall–Kier alpha value is -1.26. The molecule has 162 valence electrons. The summed E-state index contributed by atoms with van der Waals surface area (Å²) < 4.78 is 6.19. The monoisotopic (exact) mass is 438 g/mol. The van der Waals surface area contributed by atoms with Gasteiger partial charge in [0.25, 0.3) is 0 Å². The van der Waals surface area contributed by atoms with Crippen LogP contribution in [0.2, 0.25) is 0 Å². The molecule has 0 bridgehead atoms. The first-order valence-corrected chi connectivity index (χ1v) is 10.3. The molecule has 2 aromatic carbocycles. The third-order valence-corrected chi connectivity index (χ3v) is 5.38. The third kappa shape index (κ3) is 7.18. The van der Waals surface area contributed by atoms with E-state index in [-0.39, 0.29) is 24.8 Å². The molecule has 1 saturated heterocycles. The van der Waals surface area contributed by atoms with Crippen LogP contribution in [0.5, 0.6) is 5.75 Å². The first-order chi connectivity index (χ1) is 13.0. The minimum atomic E-state index is 0. The van der Waals surface area contributed by atoms with Gasteiger partial charge in [0, 0.05) is 32.2 Å². The van der Waals surface area contributed by atoms with Gasteiger partial charge in [-0.25, -0.2) is 0 Å². The number of halogens is 2. The van der Waals surface area contributed by atoms with Crippen molar-refractivity contribution in [3.8, 4) is 5.75 Å². The zero-order chi connectivity index (χ0) is 19.2. The molecule has 1 atom stereocenters. The Morgan fingerprint density at radius 2 is 1.55 bits per heavy atom. The molecule has 0 spiro atoms. The molecule has 0 aliphatic carbocycles. The molecule has 1 fully saturated rings. The second kappa shape index (κ2) is 12.4. The average molecular weight is 439 g/mol. The summed E-state index contributed by atoms with van der Waals surface area (Å²) in [6.07, 6.45) is 1.20. The number of rotatable bonds is 7. The summed E-state index contributed by atoms with van der Waals surface area (Å²) in [7, 11) is 0. The molecule has 3 rings (SSSR count). The second-order valence-electron chi connectivity index (χ2n) is 8.19. The molecule has 0 saturated carbocycles. The second-order valence-corrected chi connectivity index (χ2v) is 8.19. The van der Waals surface area contributed by atoms with Crippen molar-refractivity contribution in [3.63, 3.8) is 0 Å². The van der Waals surface area contributed by atoms with Crippen LogP contribution in [0.4, 0.5) is 0 Å². The highest BCUT2D eigenvalue weighted by molar-refractivity contribution is 5.85. The van der Waals surface area contributed by atoms with E-state index in [4.69, 9.17) is 4.74 Å². The molecule has 5 heteroatoms. The van der Waals surface area contributed by atoms with Gasteiger partial charge in [0.05, 0.1) is 0 Å². The van der Waals surface area contributed by atoms with E-state index in [1.165, 1.54) is 28.7 Å². The number of nitrogens with zero attached hydrogens (tertiary/aromatic N) is 1. The van der Waals surface area contributed by atoms with Gasteiger partial charge in [-0.05, 0) is 48.4 Å². The number of piperazine rings is 1. The summed E-state index contributed by atoms with van der Waals surface area (Å²) in [5.41, 5.74) is 5.13. The van der Waals surface area contributed by atoms with Crippen LogP contribution in [-0.2, 0) is 6.61 Å². The summed E-state index contributed by atoms with van der Waals surface area (Å²) in [5, 5.41) is 3.48. The summed E-state index contributed by atoms with van der Waals surface area (Å²) in [5.74, 6) is 1.71. The molecule has 2 aromatic rings. The zero-order valence-corrected chi connectivity index (χ0v) is 19.7. The fourth-order valence-electron chi connectivity index (χ4n) is 4.07. The Morgan fingerprint density at radius 1 is 0.966 bits per heavy atom. The van der Waals surface area contributed by atoms with E-state index in [2.05, 4.69) is 74.3 Å². The smallest absolute Gasteiger partial charge is 0.125 e. The Balaban J connectivity index is 0.00000210. The molecule has 1 heterocycles. The van der Waals surface area contributed by atoms with Gasteiger partial charge >= 0.3 is 0 Å². The molecule has 3 nitrogen and oxygen atoms in total. The Kier molecular flexibility index (Phi) is 11.1. The van der Waals surface area contributed by atoms with Crippen LogP contribution in [0.3, 0.4) is 0 Å². The molecule has 1 aliphatic heterocycles. The molecular formula is C24H36Cl2N2O. The van der Waals surface area contributed by atoms with Crippen LogP contribution < -0.4 is 10.1 Å². The molecule has 0 radical (unpaired) electrons. The quantitative estimate of drug-likeness (QED) is 0.597. The normalized spacial score (nSPS) is 15.3. The van der Waals surface area contributed by atoms with Crippen molar-refractivity contribution in [3.05, 3.63) is 64.7 Å². The molecular weight excluding hydrogens is 403 g/mol. The van der Waals surface area contributed by atoms with Gasteiger partial charge in [-0.2, -0.15) is 0 Å². The first kappa shape index (κ1) is 25.8. The Bertz CT molecular complexity index is 708. The highest BCUT2D eigenvalue weighted by Gasteiger charge is 2.24. The number of benzene rings is 2. The standard InChI is InChI=1S/C24H34N2O.2ClH/c1-18(2)14-23(26-12-10-25-11-13-26)22-15-19(3)24(20(4)16-22)27-17-21-8-6-5-7-9-21;;/h5-9,15-16,18,23,25H,10-14,17H2,1-4H3;2*1H/t23-;;/m1../s1. The predicted octanol–water partition coefficient (Wildman–Crippen LogP) is 5.72. The van der Waals surface area contributed by atoms with Gasteiger partial charge in [0.1, 0.15) is 12.4 Å². The average Bonchev–Trinajstić information content (AvgIpc) is 2.66. The predicted molar refractivity (Wildman–Crippen MR) is 128 cm³/mol. The maximum absolute atomic E-state index is 6.19. The van der Waals surface area contributed by atoms with Crippen LogP contribution in [0.1, 0.15) is 48.6 Å². The Morgan fingerprint density at radius 3 is 2.10 bits per heavy atom.